The molecule has 0 aliphatic rings. The van der Waals surface area contributed by atoms with Crippen LogP contribution in [0.4, 0.5) is 0 Å². The van der Waals surface area contributed by atoms with Crippen molar-refractivity contribution < 1.29 is 5.11 Å². The molecule has 13 heavy (non-hydrogen) atoms. The molecule has 0 saturated carbocycles. The third-order valence-corrected chi connectivity index (χ3v) is 1.61. The summed E-state index contributed by atoms with van der Waals surface area (Å²) in [7, 11) is 0. The number of rotatable bonds is 1. The number of hydrogen-bond acceptors (Lipinski definition) is 2. The zero-order valence-electron chi connectivity index (χ0n) is 8.83. The van der Waals surface area contributed by atoms with E-state index < -0.39 is 0 Å². The lowest BCUT2D eigenvalue weighted by molar-refractivity contribution is 0.473. The largest absolute Gasteiger partial charge is 0.508 e. The summed E-state index contributed by atoms with van der Waals surface area (Å²) in [5.41, 5.74) is 6.52. The van der Waals surface area contributed by atoms with Crippen LogP contribution in [0.3, 0.4) is 0 Å². The maximum atomic E-state index is 8.98. The number of nitrogens with two attached hydrogens (primary N) is 1. The Kier molecular flexibility index (Phi) is 4.49. The molecule has 0 heterocycles. The Morgan fingerprint density at radius 1 is 1.08 bits per heavy atom. The SMILES string of the molecule is CC.CC(C)(N)c1ccc(O)cc1. The van der Waals surface area contributed by atoms with E-state index in [1.54, 1.807) is 12.1 Å². The Morgan fingerprint density at radius 2 is 1.46 bits per heavy atom. The van der Waals surface area contributed by atoms with E-state index in [1.807, 2.05) is 39.8 Å². The van der Waals surface area contributed by atoms with E-state index in [2.05, 4.69) is 0 Å². The summed E-state index contributed by atoms with van der Waals surface area (Å²) in [4.78, 5) is 0. The summed E-state index contributed by atoms with van der Waals surface area (Å²) in [6, 6.07) is 6.94. The molecule has 0 amide bonds. The Bertz CT molecular complexity index is 233. The van der Waals surface area contributed by atoms with Gasteiger partial charge in [-0.3, -0.25) is 0 Å². The number of phenols is 1. The van der Waals surface area contributed by atoms with Gasteiger partial charge in [0.2, 0.25) is 0 Å². The maximum absolute atomic E-state index is 8.98. The second-order valence-corrected chi connectivity index (χ2v) is 3.27. The fourth-order valence-electron chi connectivity index (χ4n) is 0.891. The van der Waals surface area contributed by atoms with Crippen LogP contribution in [0.1, 0.15) is 33.3 Å². The molecule has 0 atom stereocenters. The minimum atomic E-state index is -0.326. The topological polar surface area (TPSA) is 46.2 Å². The van der Waals surface area contributed by atoms with E-state index in [0.29, 0.717) is 0 Å². The normalized spacial score (nSPS) is 10.2. The van der Waals surface area contributed by atoms with E-state index >= 15 is 0 Å². The van der Waals surface area contributed by atoms with Crippen LogP contribution in [0.25, 0.3) is 0 Å². The third kappa shape index (κ3) is 3.95. The van der Waals surface area contributed by atoms with Crippen LogP contribution in [0.15, 0.2) is 24.3 Å². The van der Waals surface area contributed by atoms with Crippen LogP contribution in [-0.4, -0.2) is 5.11 Å². The lowest BCUT2D eigenvalue weighted by atomic mass is 9.96. The van der Waals surface area contributed by atoms with Gasteiger partial charge < -0.3 is 10.8 Å². The van der Waals surface area contributed by atoms with E-state index in [-0.39, 0.29) is 11.3 Å². The highest BCUT2D eigenvalue weighted by atomic mass is 16.3. The molecule has 1 aromatic carbocycles. The molecule has 0 fully saturated rings. The van der Waals surface area contributed by atoms with Crippen molar-refractivity contribution in [1.82, 2.24) is 0 Å². The Hall–Kier alpha value is -1.02. The van der Waals surface area contributed by atoms with Crippen molar-refractivity contribution in [2.24, 2.45) is 5.73 Å². The third-order valence-electron chi connectivity index (χ3n) is 1.61. The van der Waals surface area contributed by atoms with Crippen LogP contribution in [0.2, 0.25) is 0 Å². The van der Waals surface area contributed by atoms with E-state index in [9.17, 15) is 0 Å². The van der Waals surface area contributed by atoms with Crippen molar-refractivity contribution in [1.29, 1.82) is 0 Å². The minimum absolute atomic E-state index is 0.276. The first-order valence-electron chi connectivity index (χ1n) is 4.58. The number of aromatic hydroxyl groups is 1. The zero-order chi connectivity index (χ0) is 10.5. The van der Waals surface area contributed by atoms with Gasteiger partial charge in [0, 0.05) is 5.54 Å². The fourth-order valence-corrected chi connectivity index (χ4v) is 0.891. The molecule has 74 valence electrons. The Labute approximate surface area is 80.4 Å². The van der Waals surface area contributed by atoms with E-state index in [4.69, 9.17) is 10.8 Å². The van der Waals surface area contributed by atoms with Crippen LogP contribution in [-0.2, 0) is 5.54 Å². The molecule has 2 heteroatoms. The molecule has 1 aromatic rings. The van der Waals surface area contributed by atoms with Gasteiger partial charge in [-0.2, -0.15) is 0 Å². The number of hydrogen-bond donors (Lipinski definition) is 2. The smallest absolute Gasteiger partial charge is 0.115 e. The van der Waals surface area contributed by atoms with Gasteiger partial charge in [-0.25, -0.2) is 0 Å². The van der Waals surface area contributed by atoms with Crippen LogP contribution in [0.5, 0.6) is 5.75 Å². The molecule has 0 bridgehead atoms. The van der Waals surface area contributed by atoms with E-state index in [1.165, 1.54) is 0 Å². The van der Waals surface area contributed by atoms with Crippen molar-refractivity contribution in [3.05, 3.63) is 29.8 Å². The van der Waals surface area contributed by atoms with Gasteiger partial charge >= 0.3 is 0 Å². The molecular weight excluding hydrogens is 162 g/mol. The van der Waals surface area contributed by atoms with Crippen molar-refractivity contribution in [2.75, 3.05) is 0 Å². The Morgan fingerprint density at radius 3 is 1.77 bits per heavy atom. The van der Waals surface area contributed by atoms with Gasteiger partial charge in [-0.05, 0) is 31.5 Å². The second-order valence-electron chi connectivity index (χ2n) is 3.27. The fraction of sp³-hybridized carbons (Fsp3) is 0.455. The highest BCUT2D eigenvalue weighted by molar-refractivity contribution is 5.29. The van der Waals surface area contributed by atoms with Crippen LogP contribution >= 0.6 is 0 Å². The summed E-state index contributed by atoms with van der Waals surface area (Å²) < 4.78 is 0. The van der Waals surface area contributed by atoms with Crippen molar-refractivity contribution in [2.45, 2.75) is 33.2 Å². The van der Waals surface area contributed by atoms with Gasteiger partial charge in [-0.1, -0.05) is 26.0 Å². The average molecular weight is 181 g/mol. The first-order valence-corrected chi connectivity index (χ1v) is 4.58. The molecular formula is C11H19NO. The lowest BCUT2D eigenvalue weighted by Gasteiger charge is -2.18. The molecule has 2 nitrogen and oxygen atoms in total. The van der Waals surface area contributed by atoms with Crippen LogP contribution in [0, 0.1) is 0 Å². The molecule has 3 N–H and O–H groups in total. The summed E-state index contributed by atoms with van der Waals surface area (Å²) >= 11 is 0. The summed E-state index contributed by atoms with van der Waals surface area (Å²) in [6.07, 6.45) is 0. The van der Waals surface area contributed by atoms with Gasteiger partial charge in [0.05, 0.1) is 0 Å². The highest BCUT2D eigenvalue weighted by Gasteiger charge is 2.12. The molecule has 0 saturated heterocycles. The predicted octanol–water partition coefficient (Wildman–Crippen LogP) is 2.61. The molecule has 1 rings (SSSR count). The number of phenolic OH excluding ortho intramolecular Hbond substituents is 1. The summed E-state index contributed by atoms with van der Waals surface area (Å²) in [5.74, 6) is 0.276. The van der Waals surface area contributed by atoms with Gasteiger partial charge in [0.15, 0.2) is 0 Å². The lowest BCUT2D eigenvalue weighted by Crippen LogP contribution is -2.28. The van der Waals surface area contributed by atoms with E-state index in [0.717, 1.165) is 5.56 Å². The highest BCUT2D eigenvalue weighted by Crippen LogP contribution is 2.18. The zero-order valence-corrected chi connectivity index (χ0v) is 8.83. The minimum Gasteiger partial charge on any atom is -0.508 e. The quantitative estimate of drug-likeness (QED) is 0.699. The molecule has 0 aliphatic carbocycles. The monoisotopic (exact) mass is 181 g/mol. The molecule has 0 unspecified atom stereocenters. The molecule has 0 aromatic heterocycles. The van der Waals surface area contributed by atoms with Crippen molar-refractivity contribution in [3.8, 4) is 5.75 Å². The summed E-state index contributed by atoms with van der Waals surface area (Å²) in [6.45, 7) is 7.86. The van der Waals surface area contributed by atoms with Gasteiger partial charge in [-0.15, -0.1) is 0 Å². The molecule has 0 radical (unpaired) electrons. The summed E-state index contributed by atoms with van der Waals surface area (Å²) in [5, 5.41) is 8.98. The maximum Gasteiger partial charge on any atom is 0.115 e. The molecule has 0 aliphatic heterocycles. The van der Waals surface area contributed by atoms with Crippen molar-refractivity contribution in [3.63, 3.8) is 0 Å². The first-order chi connectivity index (χ1) is 6.00. The molecule has 0 spiro atoms. The first kappa shape index (κ1) is 12.0. The Balaban J connectivity index is 0.000000671. The van der Waals surface area contributed by atoms with Gasteiger partial charge in [0.25, 0.3) is 0 Å². The average Bonchev–Trinajstić information content (AvgIpc) is 2.07. The van der Waals surface area contributed by atoms with Crippen LogP contribution < -0.4 is 5.73 Å². The predicted molar refractivity (Wildman–Crippen MR) is 56.7 cm³/mol. The van der Waals surface area contributed by atoms with Gasteiger partial charge in [0.1, 0.15) is 5.75 Å². The number of benzene rings is 1. The van der Waals surface area contributed by atoms with Crippen molar-refractivity contribution >= 4 is 0 Å². The standard InChI is InChI=1S/C9H13NO.C2H6/c1-9(2,10)7-3-5-8(11)6-4-7;1-2/h3-6,11H,10H2,1-2H3;1-2H3. The second kappa shape index (κ2) is 4.87.